The van der Waals surface area contributed by atoms with Crippen LogP contribution in [0.15, 0.2) is 42.5 Å². The molecule has 0 fully saturated rings. The molecule has 3 aromatic rings. The molecule has 0 atom stereocenters. The summed E-state index contributed by atoms with van der Waals surface area (Å²) < 4.78 is 13.5. The maximum atomic E-state index is 13.5. The Kier molecular flexibility index (Phi) is 5.06. The number of rotatable bonds is 5. The van der Waals surface area contributed by atoms with Crippen molar-refractivity contribution in [1.29, 1.82) is 0 Å². The molecule has 1 N–H and O–H groups in total. The van der Waals surface area contributed by atoms with E-state index in [-0.39, 0.29) is 18.3 Å². The highest BCUT2D eigenvalue weighted by Crippen LogP contribution is 2.19. The average Bonchev–Trinajstić information content (AvgIpc) is 3.06. The van der Waals surface area contributed by atoms with Crippen molar-refractivity contribution in [3.8, 4) is 11.4 Å². The Hall–Kier alpha value is -3.09. The molecule has 0 bridgehead atoms. The fourth-order valence-electron chi connectivity index (χ4n) is 2.44. The number of benzene rings is 2. The predicted octanol–water partition coefficient (Wildman–Crippen LogP) is 3.55. The Morgan fingerprint density at radius 1 is 1.19 bits per heavy atom. The van der Waals surface area contributed by atoms with Crippen LogP contribution in [0, 0.1) is 12.7 Å². The molecule has 2 aromatic carbocycles. The highest BCUT2D eigenvalue weighted by atomic mass is 19.1. The summed E-state index contributed by atoms with van der Waals surface area (Å²) in [6, 6.07) is 12.5. The van der Waals surface area contributed by atoms with Gasteiger partial charge in [-0.1, -0.05) is 44.2 Å². The van der Waals surface area contributed by atoms with Gasteiger partial charge in [0.05, 0.1) is 0 Å². The van der Waals surface area contributed by atoms with E-state index < -0.39 is 0 Å². The number of carbonyl (C=O) groups excluding carboxylic acids is 1. The third-order valence-electron chi connectivity index (χ3n) is 4.03. The summed E-state index contributed by atoms with van der Waals surface area (Å²) in [7, 11) is 0. The second-order valence-corrected chi connectivity index (χ2v) is 6.43. The summed E-state index contributed by atoms with van der Waals surface area (Å²) >= 11 is 0. The molecule has 26 heavy (non-hydrogen) atoms. The van der Waals surface area contributed by atoms with Crippen molar-refractivity contribution >= 4 is 11.6 Å². The van der Waals surface area contributed by atoms with Gasteiger partial charge in [0.2, 0.25) is 11.7 Å². The number of aryl methyl sites for hydroxylation is 1. The van der Waals surface area contributed by atoms with E-state index in [4.69, 9.17) is 0 Å². The first-order valence-corrected chi connectivity index (χ1v) is 8.36. The monoisotopic (exact) mass is 353 g/mol. The molecule has 134 valence electrons. The summed E-state index contributed by atoms with van der Waals surface area (Å²) in [4.78, 5) is 13.3. The van der Waals surface area contributed by atoms with Crippen LogP contribution in [-0.2, 0) is 11.3 Å². The molecule has 1 aromatic heterocycles. The zero-order valence-electron chi connectivity index (χ0n) is 14.9. The van der Waals surface area contributed by atoms with E-state index in [0.29, 0.717) is 23.0 Å². The predicted molar refractivity (Wildman–Crippen MR) is 97.1 cm³/mol. The van der Waals surface area contributed by atoms with Gasteiger partial charge in [0.25, 0.3) is 0 Å². The standard InChI is InChI=1S/C19H20FN5O/c1-12(2)14-5-7-15(8-6-14)19-22-24-25(23-19)11-18(26)21-16-9-4-13(3)17(20)10-16/h4-10,12H,11H2,1-3H3,(H,21,26). The maximum Gasteiger partial charge on any atom is 0.248 e. The first-order valence-electron chi connectivity index (χ1n) is 8.36. The number of hydrogen-bond acceptors (Lipinski definition) is 4. The summed E-state index contributed by atoms with van der Waals surface area (Å²) in [5, 5.41) is 14.7. The Morgan fingerprint density at radius 2 is 1.92 bits per heavy atom. The lowest BCUT2D eigenvalue weighted by Crippen LogP contribution is -2.20. The van der Waals surface area contributed by atoms with E-state index in [2.05, 4.69) is 34.6 Å². The molecule has 0 saturated carbocycles. The topological polar surface area (TPSA) is 72.7 Å². The van der Waals surface area contributed by atoms with Crippen LogP contribution < -0.4 is 5.32 Å². The third kappa shape index (κ3) is 4.11. The minimum atomic E-state index is -0.367. The Balaban J connectivity index is 1.65. The molecule has 0 spiro atoms. The quantitative estimate of drug-likeness (QED) is 0.761. The van der Waals surface area contributed by atoms with Crippen LogP contribution in [0.5, 0.6) is 0 Å². The van der Waals surface area contributed by atoms with Crippen molar-refractivity contribution in [2.24, 2.45) is 0 Å². The zero-order valence-corrected chi connectivity index (χ0v) is 14.9. The number of carbonyl (C=O) groups is 1. The Bertz CT molecular complexity index is 918. The van der Waals surface area contributed by atoms with Crippen molar-refractivity contribution in [3.05, 3.63) is 59.4 Å². The minimum absolute atomic E-state index is 0.105. The van der Waals surface area contributed by atoms with Crippen LogP contribution in [0.4, 0.5) is 10.1 Å². The number of anilines is 1. The molecule has 0 aliphatic heterocycles. The first kappa shape index (κ1) is 17.7. The van der Waals surface area contributed by atoms with E-state index in [1.54, 1.807) is 19.1 Å². The lowest BCUT2D eigenvalue weighted by atomic mass is 10.0. The summed E-state index contributed by atoms with van der Waals surface area (Å²) in [5.74, 6) is 0.179. The van der Waals surface area contributed by atoms with E-state index >= 15 is 0 Å². The largest absolute Gasteiger partial charge is 0.324 e. The van der Waals surface area contributed by atoms with Crippen molar-refractivity contribution in [2.75, 3.05) is 5.32 Å². The third-order valence-corrected chi connectivity index (χ3v) is 4.03. The van der Waals surface area contributed by atoms with Gasteiger partial charge in [0.1, 0.15) is 12.4 Å². The lowest BCUT2D eigenvalue weighted by Gasteiger charge is -2.05. The highest BCUT2D eigenvalue weighted by Gasteiger charge is 2.11. The molecule has 0 aliphatic rings. The van der Waals surface area contributed by atoms with Gasteiger partial charge < -0.3 is 5.32 Å². The highest BCUT2D eigenvalue weighted by molar-refractivity contribution is 5.90. The van der Waals surface area contributed by atoms with Crippen LogP contribution in [0.1, 0.15) is 30.9 Å². The van der Waals surface area contributed by atoms with Gasteiger partial charge in [-0.15, -0.1) is 10.2 Å². The smallest absolute Gasteiger partial charge is 0.248 e. The average molecular weight is 353 g/mol. The van der Waals surface area contributed by atoms with Crippen molar-refractivity contribution in [1.82, 2.24) is 20.2 Å². The van der Waals surface area contributed by atoms with Gasteiger partial charge in [0, 0.05) is 11.3 Å². The van der Waals surface area contributed by atoms with Gasteiger partial charge in [0.15, 0.2) is 0 Å². The van der Waals surface area contributed by atoms with E-state index in [9.17, 15) is 9.18 Å². The van der Waals surface area contributed by atoms with Gasteiger partial charge in [-0.25, -0.2) is 4.39 Å². The number of amides is 1. The lowest BCUT2D eigenvalue weighted by molar-refractivity contribution is -0.117. The molecular weight excluding hydrogens is 333 g/mol. The van der Waals surface area contributed by atoms with Crippen molar-refractivity contribution < 1.29 is 9.18 Å². The molecule has 7 heteroatoms. The van der Waals surface area contributed by atoms with Crippen LogP contribution in [-0.4, -0.2) is 26.1 Å². The fourth-order valence-corrected chi connectivity index (χ4v) is 2.44. The Morgan fingerprint density at radius 3 is 2.58 bits per heavy atom. The van der Waals surface area contributed by atoms with Gasteiger partial charge in [-0.3, -0.25) is 4.79 Å². The van der Waals surface area contributed by atoms with Gasteiger partial charge in [-0.2, -0.15) is 4.80 Å². The van der Waals surface area contributed by atoms with Crippen LogP contribution in [0.25, 0.3) is 11.4 Å². The summed E-state index contributed by atoms with van der Waals surface area (Å²) in [6.45, 7) is 5.81. The Labute approximate surface area is 151 Å². The maximum absolute atomic E-state index is 13.5. The SMILES string of the molecule is Cc1ccc(NC(=O)Cn2nnc(-c3ccc(C(C)C)cc3)n2)cc1F. The molecule has 6 nitrogen and oxygen atoms in total. The number of halogens is 1. The van der Waals surface area contributed by atoms with Crippen LogP contribution in [0.3, 0.4) is 0 Å². The molecule has 1 heterocycles. The summed E-state index contributed by atoms with van der Waals surface area (Å²) in [5.41, 5.74) is 2.98. The molecule has 3 rings (SSSR count). The molecule has 0 radical (unpaired) electrons. The molecule has 1 amide bonds. The molecule has 0 saturated heterocycles. The number of nitrogens with one attached hydrogen (secondary N) is 1. The molecule has 0 unspecified atom stereocenters. The van der Waals surface area contributed by atoms with Crippen LogP contribution in [0.2, 0.25) is 0 Å². The van der Waals surface area contributed by atoms with Gasteiger partial charge in [-0.05, 0) is 41.3 Å². The van der Waals surface area contributed by atoms with Crippen molar-refractivity contribution in [2.45, 2.75) is 33.2 Å². The zero-order chi connectivity index (χ0) is 18.7. The van der Waals surface area contributed by atoms with Gasteiger partial charge >= 0.3 is 0 Å². The number of tetrazole rings is 1. The van der Waals surface area contributed by atoms with Crippen LogP contribution >= 0.6 is 0 Å². The van der Waals surface area contributed by atoms with E-state index in [1.165, 1.54) is 16.4 Å². The number of hydrogen-bond donors (Lipinski definition) is 1. The number of aromatic nitrogens is 4. The second kappa shape index (κ2) is 7.43. The summed E-state index contributed by atoms with van der Waals surface area (Å²) in [6.07, 6.45) is 0. The molecular formula is C19H20FN5O. The first-order chi connectivity index (χ1) is 12.4. The number of nitrogens with zero attached hydrogens (tertiary/aromatic N) is 4. The molecule has 0 aliphatic carbocycles. The van der Waals surface area contributed by atoms with E-state index in [1.807, 2.05) is 24.3 Å². The van der Waals surface area contributed by atoms with E-state index in [0.717, 1.165) is 5.56 Å². The minimum Gasteiger partial charge on any atom is -0.324 e. The fraction of sp³-hybridized carbons (Fsp3) is 0.263. The second-order valence-electron chi connectivity index (χ2n) is 6.43. The normalized spacial score (nSPS) is 11.0. The van der Waals surface area contributed by atoms with Crippen molar-refractivity contribution in [3.63, 3.8) is 0 Å².